The van der Waals surface area contributed by atoms with Crippen molar-refractivity contribution in [3.63, 3.8) is 0 Å². The quantitative estimate of drug-likeness (QED) is 0.220. The van der Waals surface area contributed by atoms with Gasteiger partial charge in [-0.1, -0.05) is 0 Å². The van der Waals surface area contributed by atoms with E-state index in [0.29, 0.717) is 18.3 Å². The molecule has 5 rings (SSSR count). The van der Waals surface area contributed by atoms with Gasteiger partial charge in [-0.3, -0.25) is 0 Å². The smallest absolute Gasteiger partial charge is 0.175 e. The molecule has 0 spiro atoms. The number of hydrogen-bond donors (Lipinski definition) is 2. The predicted octanol–water partition coefficient (Wildman–Crippen LogP) is 8.79. The van der Waals surface area contributed by atoms with E-state index in [2.05, 4.69) is 77.4 Å². The van der Waals surface area contributed by atoms with Gasteiger partial charge in [-0.25, -0.2) is 0 Å². The Labute approximate surface area is 252 Å². The van der Waals surface area contributed by atoms with Crippen LogP contribution in [-0.4, -0.2) is 18.3 Å². The third-order valence-corrected chi connectivity index (χ3v) is 14.1. The maximum Gasteiger partial charge on any atom is 0.175 e. The van der Waals surface area contributed by atoms with Gasteiger partial charge < -0.3 is 20.1 Å². The predicted molar refractivity (Wildman–Crippen MR) is 169 cm³/mol. The van der Waals surface area contributed by atoms with Crippen molar-refractivity contribution in [2.24, 2.45) is 0 Å². The molecule has 0 saturated heterocycles. The van der Waals surface area contributed by atoms with Crippen LogP contribution in [0.5, 0.6) is 11.5 Å². The number of allylic oxidation sites excluding steroid dienone is 8. The maximum absolute atomic E-state index is 5.40. The average Bonchev–Trinajstić information content (AvgIpc) is 3.71. The molecule has 3 aromatic rings. The van der Waals surface area contributed by atoms with Crippen molar-refractivity contribution in [2.75, 3.05) is 23.8 Å². The summed E-state index contributed by atoms with van der Waals surface area (Å²) in [5.74, 6) is 1.69. The zero-order chi connectivity index (χ0) is 28.0. The van der Waals surface area contributed by atoms with Crippen molar-refractivity contribution >= 4 is 28.7 Å². The third-order valence-electron chi connectivity index (χ3n) is 6.39. The Morgan fingerprint density at radius 1 is 0.700 bits per heavy atom. The number of rotatable bonds is 10. The van der Waals surface area contributed by atoms with Gasteiger partial charge in [0.15, 0.2) is 5.11 Å². The molecular formula is C34H37N2O2SZr. The standard InChI is InChI=1S/C17H20N2O2S.C7H7.2C5H5.Zr/c1-3-20-15-9-5-13(6-10-15)18-17(22)19-14-7-11-16(12-8-14)21-4-2;1-7-5-3-2-4-6-7;2*1-2-4-5-3-1;/h5-12H,3-4H2,1-2H3,(H2,18,19,22);2-6H,1H2;2*1-3H,4H2;. The Bertz CT molecular complexity index is 1260. The molecule has 0 fully saturated rings. The number of benzene rings is 3. The fraction of sp³-hybridized carbons (Fsp3) is 0.206. The molecule has 4 nitrogen and oxygen atoms in total. The Balaban J connectivity index is 0.000000188. The van der Waals surface area contributed by atoms with Gasteiger partial charge in [0.25, 0.3) is 0 Å². The van der Waals surface area contributed by atoms with Crippen LogP contribution in [0.3, 0.4) is 0 Å². The van der Waals surface area contributed by atoms with Gasteiger partial charge in [0, 0.05) is 11.4 Å². The monoisotopic (exact) mass is 627 g/mol. The summed E-state index contributed by atoms with van der Waals surface area (Å²) in [5, 5.41) is 6.80. The van der Waals surface area contributed by atoms with E-state index in [0.717, 1.165) is 22.9 Å². The van der Waals surface area contributed by atoms with Crippen LogP contribution in [0.1, 0.15) is 32.3 Å². The molecule has 0 amide bonds. The number of anilines is 2. The SMILES string of the molecule is C1=CC[C]([Zr]([CH2]c2ccccc2)[C]2=CC=CC2)=C1.CCOc1ccc(NC(=S)Nc2ccc(OCC)cc2)cc1. The summed E-state index contributed by atoms with van der Waals surface area (Å²) in [4.78, 5) is 0. The van der Waals surface area contributed by atoms with Crippen molar-refractivity contribution in [2.45, 2.75) is 30.8 Å². The van der Waals surface area contributed by atoms with Crippen molar-refractivity contribution in [1.82, 2.24) is 0 Å². The summed E-state index contributed by atoms with van der Waals surface area (Å²) >= 11 is 3.69. The molecule has 0 aliphatic heterocycles. The minimum atomic E-state index is -1.61. The molecular weight excluding hydrogens is 592 g/mol. The number of hydrogen-bond acceptors (Lipinski definition) is 3. The molecule has 0 bridgehead atoms. The Hall–Kier alpha value is -3.21. The summed E-state index contributed by atoms with van der Waals surface area (Å²) in [7, 11) is 0. The van der Waals surface area contributed by atoms with Crippen LogP contribution in [0.4, 0.5) is 11.4 Å². The van der Waals surface area contributed by atoms with Crippen LogP contribution in [-0.2, 0) is 25.9 Å². The van der Waals surface area contributed by atoms with Crippen molar-refractivity contribution in [1.29, 1.82) is 0 Å². The average molecular weight is 629 g/mol. The Morgan fingerprint density at radius 2 is 1.18 bits per heavy atom. The molecule has 0 saturated carbocycles. The van der Waals surface area contributed by atoms with E-state index < -0.39 is 21.8 Å². The Kier molecular flexibility index (Phi) is 12.0. The molecule has 2 aliphatic carbocycles. The molecule has 0 radical (unpaired) electrons. The minimum absolute atomic E-state index is 0.535. The maximum atomic E-state index is 5.40. The molecule has 40 heavy (non-hydrogen) atoms. The first-order valence-electron chi connectivity index (χ1n) is 13.8. The number of ether oxygens (including phenoxy) is 2. The van der Waals surface area contributed by atoms with Gasteiger partial charge in [-0.05, 0) is 74.6 Å². The molecule has 2 aliphatic rings. The van der Waals surface area contributed by atoms with Gasteiger partial charge in [0.05, 0.1) is 13.2 Å². The molecule has 0 heterocycles. The van der Waals surface area contributed by atoms with Gasteiger partial charge in [0.2, 0.25) is 0 Å². The summed E-state index contributed by atoms with van der Waals surface area (Å²) in [6.07, 6.45) is 16.3. The number of thiocarbonyl (C=S) groups is 1. The van der Waals surface area contributed by atoms with Gasteiger partial charge >= 0.3 is 118 Å². The van der Waals surface area contributed by atoms with E-state index in [1.54, 1.807) is 6.56 Å². The van der Waals surface area contributed by atoms with Crippen LogP contribution < -0.4 is 20.1 Å². The topological polar surface area (TPSA) is 42.5 Å². The van der Waals surface area contributed by atoms with Crippen LogP contribution in [0.15, 0.2) is 122 Å². The molecule has 3 aromatic carbocycles. The van der Waals surface area contributed by atoms with E-state index >= 15 is 0 Å². The van der Waals surface area contributed by atoms with E-state index in [1.165, 1.54) is 22.5 Å². The summed E-state index contributed by atoms with van der Waals surface area (Å²) in [6.45, 7) is 5.24. The van der Waals surface area contributed by atoms with Crippen LogP contribution in [0.25, 0.3) is 0 Å². The van der Waals surface area contributed by atoms with Gasteiger partial charge in [-0.2, -0.15) is 0 Å². The van der Waals surface area contributed by atoms with Crippen molar-refractivity contribution < 1.29 is 31.2 Å². The van der Waals surface area contributed by atoms with E-state index in [9.17, 15) is 0 Å². The minimum Gasteiger partial charge on any atom is -0.494 e. The Morgan fingerprint density at radius 3 is 1.57 bits per heavy atom. The largest absolute Gasteiger partial charge is 0.494 e. The van der Waals surface area contributed by atoms with Crippen LogP contribution in [0.2, 0.25) is 0 Å². The molecule has 0 aromatic heterocycles. The van der Waals surface area contributed by atoms with Gasteiger partial charge in [0.1, 0.15) is 11.5 Å². The fourth-order valence-electron chi connectivity index (χ4n) is 4.47. The third kappa shape index (κ3) is 9.46. The first-order valence-corrected chi connectivity index (χ1v) is 18.4. The van der Waals surface area contributed by atoms with Crippen LogP contribution >= 0.6 is 12.2 Å². The number of nitrogens with one attached hydrogen (secondary N) is 2. The summed E-state index contributed by atoms with van der Waals surface area (Å²) in [6, 6.07) is 26.4. The van der Waals surface area contributed by atoms with Crippen LogP contribution in [0, 0.1) is 0 Å². The van der Waals surface area contributed by atoms with E-state index in [4.69, 9.17) is 21.7 Å². The summed E-state index contributed by atoms with van der Waals surface area (Å²) < 4.78 is 15.7. The second-order valence-electron chi connectivity index (χ2n) is 9.28. The molecule has 6 heteroatoms. The van der Waals surface area contributed by atoms with Gasteiger partial charge in [-0.15, -0.1) is 0 Å². The van der Waals surface area contributed by atoms with E-state index in [1.807, 2.05) is 62.4 Å². The van der Waals surface area contributed by atoms with Crippen molar-refractivity contribution in [3.8, 4) is 11.5 Å². The summed E-state index contributed by atoms with van der Waals surface area (Å²) in [5.41, 5.74) is 3.34. The second kappa shape index (κ2) is 16.2. The fourth-order valence-corrected chi connectivity index (χ4v) is 11.7. The zero-order valence-corrected chi connectivity index (χ0v) is 26.5. The molecule has 0 atom stereocenters. The first-order chi connectivity index (χ1) is 19.6. The normalized spacial score (nSPS) is 13.1. The van der Waals surface area contributed by atoms with Crippen molar-refractivity contribution in [3.05, 3.63) is 127 Å². The zero-order valence-electron chi connectivity index (χ0n) is 23.2. The second-order valence-corrected chi connectivity index (χ2v) is 16.1. The van der Waals surface area contributed by atoms with E-state index in [-0.39, 0.29) is 0 Å². The first kappa shape index (κ1) is 29.8. The molecule has 205 valence electrons. The molecule has 2 N–H and O–H groups in total. The molecule has 0 unspecified atom stereocenters.